The molecule has 1 aliphatic heterocycles. The van der Waals surface area contributed by atoms with Crippen LogP contribution in [0.2, 0.25) is 0 Å². The van der Waals surface area contributed by atoms with Crippen molar-refractivity contribution in [3.8, 4) is 0 Å². The van der Waals surface area contributed by atoms with Gasteiger partial charge in [0.2, 0.25) is 0 Å². The molecule has 118 valence electrons. The number of likely N-dealkylation sites (tertiary alicyclic amines) is 1. The van der Waals surface area contributed by atoms with Crippen molar-refractivity contribution in [3.63, 3.8) is 0 Å². The highest BCUT2D eigenvalue weighted by atomic mass is 127. The van der Waals surface area contributed by atoms with Crippen LogP contribution in [-0.4, -0.2) is 50.1 Å². The van der Waals surface area contributed by atoms with Crippen molar-refractivity contribution < 1.29 is 0 Å². The van der Waals surface area contributed by atoms with Gasteiger partial charge in [-0.1, -0.05) is 6.92 Å². The Labute approximate surface area is 141 Å². The lowest BCUT2D eigenvalue weighted by Crippen LogP contribution is -2.39. The maximum absolute atomic E-state index is 4.72. The van der Waals surface area contributed by atoms with Gasteiger partial charge in [0.1, 0.15) is 0 Å². The maximum Gasteiger partial charge on any atom is 0.191 e. The normalized spacial score (nSPS) is 27.9. The molecule has 0 bridgehead atoms. The minimum atomic E-state index is 0. The number of guanidine groups is 1. The monoisotopic (exact) mass is 394 g/mol. The summed E-state index contributed by atoms with van der Waals surface area (Å²) in [5.74, 6) is 2.71. The van der Waals surface area contributed by atoms with E-state index in [-0.39, 0.29) is 24.0 Å². The molecule has 4 nitrogen and oxygen atoms in total. The standard InChI is InChI=1S/C15H30N4.HI/c1-4-16-15(18-14-11-12(14)2)17-8-5-13-6-9-19(3)10-7-13;/h12-14H,4-11H2,1-3H3,(H2,16,17,18);1H. The first-order valence-corrected chi connectivity index (χ1v) is 7.92. The molecular formula is C15H31IN4. The first-order valence-electron chi connectivity index (χ1n) is 7.92. The van der Waals surface area contributed by atoms with Crippen molar-refractivity contribution in [1.29, 1.82) is 0 Å². The van der Waals surface area contributed by atoms with Gasteiger partial charge in [0.25, 0.3) is 0 Å². The fourth-order valence-electron chi connectivity index (χ4n) is 2.73. The zero-order valence-electron chi connectivity index (χ0n) is 13.2. The molecule has 0 aromatic rings. The van der Waals surface area contributed by atoms with Gasteiger partial charge in [-0.25, -0.2) is 0 Å². The highest BCUT2D eigenvalue weighted by Crippen LogP contribution is 2.28. The van der Waals surface area contributed by atoms with Crippen LogP contribution in [0.15, 0.2) is 4.99 Å². The topological polar surface area (TPSA) is 39.7 Å². The minimum absolute atomic E-state index is 0. The zero-order chi connectivity index (χ0) is 13.7. The van der Waals surface area contributed by atoms with Crippen molar-refractivity contribution in [2.24, 2.45) is 16.8 Å². The summed E-state index contributed by atoms with van der Waals surface area (Å²) >= 11 is 0. The van der Waals surface area contributed by atoms with Crippen LogP contribution in [0, 0.1) is 11.8 Å². The fraction of sp³-hybridized carbons (Fsp3) is 0.933. The Bertz CT molecular complexity index is 300. The van der Waals surface area contributed by atoms with E-state index in [0.717, 1.165) is 30.9 Å². The van der Waals surface area contributed by atoms with E-state index >= 15 is 0 Å². The molecule has 20 heavy (non-hydrogen) atoms. The Balaban J connectivity index is 0.00000200. The smallest absolute Gasteiger partial charge is 0.191 e. The first-order chi connectivity index (χ1) is 9.19. The molecule has 1 heterocycles. The summed E-state index contributed by atoms with van der Waals surface area (Å²) in [6.07, 6.45) is 5.22. The number of rotatable bonds is 5. The molecule has 5 heteroatoms. The molecule has 2 aliphatic rings. The van der Waals surface area contributed by atoms with E-state index in [4.69, 9.17) is 4.99 Å². The molecule has 0 spiro atoms. The van der Waals surface area contributed by atoms with Gasteiger partial charge in [-0.3, -0.25) is 4.99 Å². The molecule has 0 radical (unpaired) electrons. The number of hydrogen-bond donors (Lipinski definition) is 2. The Hall–Kier alpha value is -0.0400. The van der Waals surface area contributed by atoms with E-state index in [0.29, 0.717) is 6.04 Å². The maximum atomic E-state index is 4.72. The molecule has 2 N–H and O–H groups in total. The average Bonchev–Trinajstić information content (AvgIpc) is 3.07. The summed E-state index contributed by atoms with van der Waals surface area (Å²) < 4.78 is 0. The number of aliphatic imine (C=N–C) groups is 1. The molecule has 2 atom stereocenters. The summed E-state index contributed by atoms with van der Waals surface area (Å²) in [5.41, 5.74) is 0. The molecule has 2 unspecified atom stereocenters. The fourth-order valence-corrected chi connectivity index (χ4v) is 2.73. The van der Waals surface area contributed by atoms with Gasteiger partial charge in [-0.15, -0.1) is 24.0 Å². The van der Waals surface area contributed by atoms with Gasteiger partial charge in [0.05, 0.1) is 0 Å². The van der Waals surface area contributed by atoms with Gasteiger partial charge >= 0.3 is 0 Å². The van der Waals surface area contributed by atoms with Crippen LogP contribution in [0.5, 0.6) is 0 Å². The average molecular weight is 394 g/mol. The highest BCUT2D eigenvalue weighted by molar-refractivity contribution is 14.0. The zero-order valence-corrected chi connectivity index (χ0v) is 15.5. The van der Waals surface area contributed by atoms with E-state index in [1.807, 2.05) is 0 Å². The van der Waals surface area contributed by atoms with Gasteiger partial charge in [0, 0.05) is 19.1 Å². The third kappa shape index (κ3) is 6.16. The molecular weight excluding hydrogens is 363 g/mol. The second-order valence-corrected chi connectivity index (χ2v) is 6.26. The Kier molecular flexibility index (Phi) is 8.17. The molecule has 1 saturated carbocycles. The van der Waals surface area contributed by atoms with Gasteiger partial charge in [-0.2, -0.15) is 0 Å². The first kappa shape index (κ1) is 18.0. The van der Waals surface area contributed by atoms with Crippen LogP contribution in [0.4, 0.5) is 0 Å². The molecule has 0 aromatic carbocycles. The number of nitrogens with zero attached hydrogens (tertiary/aromatic N) is 2. The van der Waals surface area contributed by atoms with Crippen molar-refractivity contribution in [1.82, 2.24) is 15.5 Å². The molecule has 1 saturated heterocycles. The van der Waals surface area contributed by atoms with Gasteiger partial charge in [-0.05, 0) is 64.6 Å². The van der Waals surface area contributed by atoms with E-state index in [1.54, 1.807) is 0 Å². The van der Waals surface area contributed by atoms with E-state index in [2.05, 4.69) is 36.4 Å². The van der Waals surface area contributed by atoms with Crippen LogP contribution >= 0.6 is 24.0 Å². The predicted octanol–water partition coefficient (Wildman–Crippen LogP) is 2.30. The molecule has 2 fully saturated rings. The number of halogens is 1. The highest BCUT2D eigenvalue weighted by Gasteiger charge is 2.33. The van der Waals surface area contributed by atoms with Crippen LogP contribution in [-0.2, 0) is 0 Å². The van der Waals surface area contributed by atoms with Crippen LogP contribution in [0.3, 0.4) is 0 Å². The lowest BCUT2D eigenvalue weighted by atomic mass is 9.94. The SMILES string of the molecule is CCNC(=NCCC1CCN(C)CC1)NC1CC1C.I. The third-order valence-corrected chi connectivity index (χ3v) is 4.42. The Morgan fingerprint density at radius 3 is 2.50 bits per heavy atom. The lowest BCUT2D eigenvalue weighted by molar-refractivity contribution is 0.214. The molecule has 1 aliphatic carbocycles. The molecule has 2 rings (SSSR count). The van der Waals surface area contributed by atoms with Crippen LogP contribution < -0.4 is 10.6 Å². The summed E-state index contributed by atoms with van der Waals surface area (Å²) in [6, 6.07) is 0.654. The van der Waals surface area contributed by atoms with E-state index < -0.39 is 0 Å². The second kappa shape index (κ2) is 9.07. The number of nitrogens with one attached hydrogen (secondary N) is 2. The number of piperidine rings is 1. The summed E-state index contributed by atoms with van der Waals surface area (Å²) in [4.78, 5) is 7.15. The summed E-state index contributed by atoms with van der Waals surface area (Å²) in [7, 11) is 2.22. The van der Waals surface area contributed by atoms with Crippen molar-refractivity contribution in [3.05, 3.63) is 0 Å². The quantitative estimate of drug-likeness (QED) is 0.427. The largest absolute Gasteiger partial charge is 0.357 e. The number of hydrogen-bond acceptors (Lipinski definition) is 2. The Morgan fingerprint density at radius 2 is 1.95 bits per heavy atom. The van der Waals surface area contributed by atoms with Crippen LogP contribution in [0.25, 0.3) is 0 Å². The minimum Gasteiger partial charge on any atom is -0.357 e. The summed E-state index contributed by atoms with van der Waals surface area (Å²) in [5, 5.41) is 6.87. The third-order valence-electron chi connectivity index (χ3n) is 4.42. The van der Waals surface area contributed by atoms with Crippen molar-refractivity contribution in [2.75, 3.05) is 33.2 Å². The lowest BCUT2D eigenvalue weighted by Gasteiger charge is -2.28. The van der Waals surface area contributed by atoms with Gasteiger partial charge < -0.3 is 15.5 Å². The van der Waals surface area contributed by atoms with E-state index in [9.17, 15) is 0 Å². The van der Waals surface area contributed by atoms with Crippen molar-refractivity contribution >= 4 is 29.9 Å². The van der Waals surface area contributed by atoms with E-state index in [1.165, 1.54) is 38.8 Å². The molecule has 0 amide bonds. The Morgan fingerprint density at radius 1 is 1.30 bits per heavy atom. The second-order valence-electron chi connectivity index (χ2n) is 6.26. The predicted molar refractivity (Wildman–Crippen MR) is 96.9 cm³/mol. The van der Waals surface area contributed by atoms with Crippen LogP contribution in [0.1, 0.15) is 39.5 Å². The van der Waals surface area contributed by atoms with Crippen molar-refractivity contribution in [2.45, 2.75) is 45.6 Å². The molecule has 0 aromatic heterocycles. The van der Waals surface area contributed by atoms with Gasteiger partial charge in [0.15, 0.2) is 5.96 Å². The summed E-state index contributed by atoms with van der Waals surface area (Å²) in [6.45, 7) is 8.84.